The van der Waals surface area contributed by atoms with Gasteiger partial charge in [-0.1, -0.05) is 38.8 Å². The number of halogens is 2. The van der Waals surface area contributed by atoms with Gasteiger partial charge >= 0.3 is 6.61 Å². The second kappa shape index (κ2) is 9.97. The molecular formula is C16H25F2N3O. The monoisotopic (exact) mass is 313 g/mol. The summed E-state index contributed by atoms with van der Waals surface area (Å²) in [6, 6.07) is 6.64. The topological polar surface area (TPSA) is 45.7 Å². The normalized spacial score (nSPS) is 11.9. The third-order valence-electron chi connectivity index (χ3n) is 3.52. The van der Waals surface area contributed by atoms with Crippen molar-refractivity contribution in [1.82, 2.24) is 10.6 Å². The Balaban J connectivity index is 2.49. The lowest BCUT2D eigenvalue weighted by molar-refractivity contribution is -0.0498. The molecule has 4 nitrogen and oxygen atoms in total. The van der Waals surface area contributed by atoms with Gasteiger partial charge in [0.15, 0.2) is 5.96 Å². The molecule has 0 aliphatic heterocycles. The van der Waals surface area contributed by atoms with E-state index in [0.29, 0.717) is 18.4 Å². The van der Waals surface area contributed by atoms with Gasteiger partial charge in [0, 0.05) is 20.1 Å². The molecular weight excluding hydrogens is 288 g/mol. The number of nitrogens with one attached hydrogen (secondary N) is 2. The van der Waals surface area contributed by atoms with Crippen LogP contribution in [0.2, 0.25) is 0 Å². The molecule has 1 aromatic rings. The maximum Gasteiger partial charge on any atom is 0.387 e. The van der Waals surface area contributed by atoms with E-state index in [4.69, 9.17) is 0 Å². The standard InChI is InChI=1S/C16H25F2N3O/c1-4-12(5-2)10-20-16(19-3)21-11-13-7-6-8-14(9-13)22-15(17)18/h6-9,12,15H,4-5,10-11H2,1-3H3,(H2,19,20,21). The summed E-state index contributed by atoms with van der Waals surface area (Å²) < 4.78 is 28.8. The van der Waals surface area contributed by atoms with Gasteiger partial charge in [0.1, 0.15) is 5.75 Å². The van der Waals surface area contributed by atoms with E-state index in [1.807, 2.05) is 6.07 Å². The minimum absolute atomic E-state index is 0.161. The summed E-state index contributed by atoms with van der Waals surface area (Å²) in [4.78, 5) is 4.16. The Morgan fingerprint density at radius 1 is 1.23 bits per heavy atom. The molecule has 22 heavy (non-hydrogen) atoms. The van der Waals surface area contributed by atoms with Crippen molar-refractivity contribution in [2.75, 3.05) is 13.6 Å². The fraction of sp³-hybridized carbons (Fsp3) is 0.562. The molecule has 1 aromatic carbocycles. The van der Waals surface area contributed by atoms with Crippen molar-refractivity contribution >= 4 is 5.96 Å². The molecule has 0 spiro atoms. The van der Waals surface area contributed by atoms with Crippen LogP contribution in [0.5, 0.6) is 5.75 Å². The lowest BCUT2D eigenvalue weighted by Gasteiger charge is -2.17. The Kier molecular flexibility index (Phi) is 8.25. The Morgan fingerprint density at radius 3 is 2.55 bits per heavy atom. The van der Waals surface area contributed by atoms with Gasteiger partial charge in [-0.15, -0.1) is 0 Å². The molecule has 0 aliphatic carbocycles. The Hall–Kier alpha value is -1.85. The van der Waals surface area contributed by atoms with Crippen molar-refractivity contribution in [3.05, 3.63) is 29.8 Å². The highest BCUT2D eigenvalue weighted by Crippen LogP contribution is 2.15. The first-order valence-corrected chi connectivity index (χ1v) is 7.57. The molecule has 0 unspecified atom stereocenters. The Bertz CT molecular complexity index is 462. The molecule has 1 rings (SSSR count). The van der Waals surface area contributed by atoms with Crippen LogP contribution in [-0.4, -0.2) is 26.2 Å². The average Bonchev–Trinajstić information content (AvgIpc) is 2.51. The van der Waals surface area contributed by atoms with Gasteiger partial charge in [-0.3, -0.25) is 4.99 Å². The smallest absolute Gasteiger partial charge is 0.387 e. The molecule has 0 radical (unpaired) electrons. The number of guanidine groups is 1. The fourth-order valence-electron chi connectivity index (χ4n) is 2.06. The van der Waals surface area contributed by atoms with Crippen molar-refractivity contribution in [2.45, 2.75) is 39.8 Å². The summed E-state index contributed by atoms with van der Waals surface area (Å²) in [6.45, 7) is 2.88. The molecule has 2 N–H and O–H groups in total. The average molecular weight is 313 g/mol. The largest absolute Gasteiger partial charge is 0.435 e. The van der Waals surface area contributed by atoms with Crippen molar-refractivity contribution in [3.63, 3.8) is 0 Å². The zero-order valence-corrected chi connectivity index (χ0v) is 13.4. The number of nitrogens with zero attached hydrogens (tertiary/aromatic N) is 1. The second-order valence-corrected chi connectivity index (χ2v) is 5.02. The molecule has 0 fully saturated rings. The van der Waals surface area contributed by atoms with E-state index in [-0.39, 0.29) is 5.75 Å². The van der Waals surface area contributed by atoms with Gasteiger partial charge in [-0.25, -0.2) is 0 Å². The van der Waals surface area contributed by atoms with Gasteiger partial charge in [0.2, 0.25) is 0 Å². The van der Waals surface area contributed by atoms with Crippen molar-refractivity contribution in [1.29, 1.82) is 0 Å². The number of benzene rings is 1. The molecule has 0 saturated heterocycles. The molecule has 0 atom stereocenters. The number of hydrogen-bond donors (Lipinski definition) is 2. The summed E-state index contributed by atoms with van der Waals surface area (Å²) in [5, 5.41) is 6.44. The lowest BCUT2D eigenvalue weighted by Crippen LogP contribution is -2.39. The van der Waals surface area contributed by atoms with E-state index in [2.05, 4.69) is 34.2 Å². The first kappa shape index (κ1) is 18.2. The van der Waals surface area contributed by atoms with E-state index in [1.54, 1.807) is 19.2 Å². The highest BCUT2D eigenvalue weighted by molar-refractivity contribution is 5.79. The van der Waals surface area contributed by atoms with Crippen LogP contribution in [-0.2, 0) is 6.54 Å². The highest BCUT2D eigenvalue weighted by atomic mass is 19.3. The van der Waals surface area contributed by atoms with Crippen LogP contribution in [0.25, 0.3) is 0 Å². The summed E-state index contributed by atoms with van der Waals surface area (Å²) in [7, 11) is 1.71. The zero-order valence-electron chi connectivity index (χ0n) is 13.4. The second-order valence-electron chi connectivity index (χ2n) is 5.02. The number of alkyl halides is 2. The van der Waals surface area contributed by atoms with Gasteiger partial charge in [-0.2, -0.15) is 8.78 Å². The molecule has 0 saturated carbocycles. The molecule has 0 aromatic heterocycles. The van der Waals surface area contributed by atoms with Gasteiger partial charge in [0.05, 0.1) is 0 Å². The quantitative estimate of drug-likeness (QED) is 0.571. The van der Waals surface area contributed by atoms with E-state index in [1.165, 1.54) is 6.07 Å². The van der Waals surface area contributed by atoms with Crippen molar-refractivity contribution in [3.8, 4) is 5.75 Å². The SMILES string of the molecule is CCC(CC)CNC(=NC)NCc1cccc(OC(F)F)c1. The molecule has 6 heteroatoms. The maximum absolute atomic E-state index is 12.2. The third-order valence-corrected chi connectivity index (χ3v) is 3.52. The zero-order chi connectivity index (χ0) is 16.4. The molecule has 0 heterocycles. The molecule has 0 amide bonds. The van der Waals surface area contributed by atoms with Crippen LogP contribution < -0.4 is 15.4 Å². The number of ether oxygens (including phenoxy) is 1. The third kappa shape index (κ3) is 6.74. The Morgan fingerprint density at radius 2 is 1.95 bits per heavy atom. The highest BCUT2D eigenvalue weighted by Gasteiger charge is 2.06. The molecule has 124 valence electrons. The summed E-state index contributed by atoms with van der Waals surface area (Å²) in [6.07, 6.45) is 2.24. The first-order valence-electron chi connectivity index (χ1n) is 7.57. The number of hydrogen-bond acceptors (Lipinski definition) is 2. The molecule has 0 bridgehead atoms. The lowest BCUT2D eigenvalue weighted by atomic mass is 10.0. The van der Waals surface area contributed by atoms with E-state index in [9.17, 15) is 8.78 Å². The minimum Gasteiger partial charge on any atom is -0.435 e. The predicted octanol–water partition coefficient (Wildman–Crippen LogP) is 3.39. The van der Waals surface area contributed by atoms with E-state index >= 15 is 0 Å². The van der Waals surface area contributed by atoms with Crippen molar-refractivity contribution in [2.24, 2.45) is 10.9 Å². The number of rotatable bonds is 8. The summed E-state index contributed by atoms with van der Waals surface area (Å²) in [5.74, 6) is 1.47. The Labute approximate surface area is 131 Å². The number of aliphatic imine (C=N–C) groups is 1. The van der Waals surface area contributed by atoms with E-state index < -0.39 is 6.61 Å². The van der Waals surface area contributed by atoms with E-state index in [0.717, 1.165) is 24.9 Å². The van der Waals surface area contributed by atoms with Crippen LogP contribution in [0.1, 0.15) is 32.3 Å². The van der Waals surface area contributed by atoms with Gasteiger partial charge < -0.3 is 15.4 Å². The van der Waals surface area contributed by atoms with Crippen LogP contribution in [0.15, 0.2) is 29.3 Å². The summed E-state index contributed by atoms with van der Waals surface area (Å²) >= 11 is 0. The van der Waals surface area contributed by atoms with Crippen molar-refractivity contribution < 1.29 is 13.5 Å². The van der Waals surface area contributed by atoms with Crippen LogP contribution >= 0.6 is 0 Å². The predicted molar refractivity (Wildman–Crippen MR) is 85.3 cm³/mol. The van der Waals surface area contributed by atoms with Crippen LogP contribution in [0.3, 0.4) is 0 Å². The fourth-order valence-corrected chi connectivity index (χ4v) is 2.06. The van der Waals surface area contributed by atoms with Crippen LogP contribution in [0, 0.1) is 5.92 Å². The first-order chi connectivity index (χ1) is 10.6. The van der Waals surface area contributed by atoms with Gasteiger partial charge in [0.25, 0.3) is 0 Å². The maximum atomic E-state index is 12.2. The minimum atomic E-state index is -2.81. The van der Waals surface area contributed by atoms with Gasteiger partial charge in [-0.05, 0) is 23.6 Å². The molecule has 0 aliphatic rings. The summed E-state index contributed by atoms with van der Waals surface area (Å²) in [5.41, 5.74) is 0.851. The van der Waals surface area contributed by atoms with Crippen LogP contribution in [0.4, 0.5) is 8.78 Å².